The van der Waals surface area contributed by atoms with E-state index in [2.05, 4.69) is 80.2 Å². The zero-order valence-corrected chi connectivity index (χ0v) is 12.5. The monoisotopic (exact) mass is 325 g/mol. The number of rotatable bonds is 1. The van der Waals surface area contributed by atoms with Gasteiger partial charge in [0.15, 0.2) is 12.8 Å². The van der Waals surface area contributed by atoms with Gasteiger partial charge in [-0.3, -0.25) is 0 Å². The predicted molar refractivity (Wildman–Crippen MR) is 86.1 cm³/mol. The Balaban J connectivity index is 1.83. The molecule has 98 valence electrons. The summed E-state index contributed by atoms with van der Waals surface area (Å²) < 4.78 is 3.43. The van der Waals surface area contributed by atoms with Crippen molar-refractivity contribution in [2.24, 2.45) is 0 Å². The molecule has 0 radical (unpaired) electrons. The standard InChI is InChI=1S/C17H13BrN2/c18-12-5-7-13(8-6-12)20-10-9-15-14-3-1-2-4-16(14)19-17(15)11-20/h1-8,11H,9-10H2/p+1. The van der Waals surface area contributed by atoms with Crippen LogP contribution < -0.4 is 0 Å². The van der Waals surface area contributed by atoms with Crippen LogP contribution in [0.3, 0.4) is 0 Å². The highest BCUT2D eigenvalue weighted by atomic mass is 79.9. The van der Waals surface area contributed by atoms with Gasteiger partial charge in [-0.2, -0.15) is 4.58 Å². The lowest BCUT2D eigenvalue weighted by Crippen LogP contribution is -2.18. The summed E-state index contributed by atoms with van der Waals surface area (Å²) in [5.74, 6) is 0. The second kappa shape index (κ2) is 4.60. The molecule has 1 aliphatic heterocycles. The van der Waals surface area contributed by atoms with Crippen LogP contribution >= 0.6 is 15.9 Å². The van der Waals surface area contributed by atoms with Crippen molar-refractivity contribution >= 4 is 38.7 Å². The summed E-state index contributed by atoms with van der Waals surface area (Å²) in [6, 6.07) is 17.0. The van der Waals surface area contributed by atoms with Gasteiger partial charge in [0, 0.05) is 33.9 Å². The van der Waals surface area contributed by atoms with Crippen LogP contribution in [0.1, 0.15) is 11.3 Å². The Bertz CT molecular complexity index is 813. The largest absolute Gasteiger partial charge is 0.350 e. The number of H-pyrrole nitrogens is 1. The number of nitrogens with one attached hydrogen (secondary N) is 1. The maximum Gasteiger partial charge on any atom is 0.205 e. The van der Waals surface area contributed by atoms with Crippen molar-refractivity contribution in [2.75, 3.05) is 6.54 Å². The zero-order valence-electron chi connectivity index (χ0n) is 10.9. The lowest BCUT2D eigenvalue weighted by Gasteiger charge is -2.09. The van der Waals surface area contributed by atoms with Gasteiger partial charge in [0.2, 0.25) is 5.69 Å². The topological polar surface area (TPSA) is 18.8 Å². The second-order valence-corrected chi connectivity index (χ2v) is 6.03. The minimum absolute atomic E-state index is 1.02. The molecule has 4 rings (SSSR count). The highest BCUT2D eigenvalue weighted by molar-refractivity contribution is 9.10. The van der Waals surface area contributed by atoms with Crippen molar-refractivity contribution in [3.05, 3.63) is 64.3 Å². The number of fused-ring (bicyclic) bond motifs is 3. The van der Waals surface area contributed by atoms with Crippen molar-refractivity contribution in [1.82, 2.24) is 4.98 Å². The van der Waals surface area contributed by atoms with Gasteiger partial charge < -0.3 is 4.98 Å². The van der Waals surface area contributed by atoms with Crippen LogP contribution in [0.25, 0.3) is 10.9 Å². The number of aromatic amines is 1. The lowest BCUT2D eigenvalue weighted by atomic mass is 10.1. The maximum atomic E-state index is 3.52. The Kier molecular flexibility index (Phi) is 2.74. The Labute approximate surface area is 125 Å². The summed E-state index contributed by atoms with van der Waals surface area (Å²) in [5.41, 5.74) is 5.14. The number of halogens is 1. The number of aromatic nitrogens is 1. The molecule has 0 aliphatic carbocycles. The van der Waals surface area contributed by atoms with E-state index in [1.54, 1.807) is 0 Å². The molecule has 20 heavy (non-hydrogen) atoms. The molecule has 0 amide bonds. The van der Waals surface area contributed by atoms with Crippen molar-refractivity contribution in [2.45, 2.75) is 6.42 Å². The smallest absolute Gasteiger partial charge is 0.205 e. The number of nitrogens with zero attached hydrogens (tertiary/aromatic N) is 1. The number of hydrogen-bond donors (Lipinski definition) is 1. The van der Waals surface area contributed by atoms with Crippen molar-refractivity contribution in [3.8, 4) is 0 Å². The summed E-state index contributed by atoms with van der Waals surface area (Å²) in [7, 11) is 0. The van der Waals surface area contributed by atoms with Gasteiger partial charge in [0.25, 0.3) is 0 Å². The zero-order chi connectivity index (χ0) is 13.5. The molecule has 1 aliphatic rings. The summed E-state index contributed by atoms with van der Waals surface area (Å²) in [6.07, 6.45) is 3.30. The number of para-hydroxylation sites is 1. The average Bonchev–Trinajstić information content (AvgIpc) is 2.85. The van der Waals surface area contributed by atoms with E-state index >= 15 is 0 Å². The third kappa shape index (κ3) is 1.90. The molecule has 2 nitrogen and oxygen atoms in total. The predicted octanol–water partition coefficient (Wildman–Crippen LogP) is 4.25. The molecule has 0 unspecified atom stereocenters. The first-order valence-corrected chi connectivity index (χ1v) is 7.57. The van der Waals surface area contributed by atoms with E-state index in [1.807, 2.05) is 0 Å². The van der Waals surface area contributed by atoms with Gasteiger partial charge in [-0.15, -0.1) is 0 Å². The summed E-state index contributed by atoms with van der Waals surface area (Å²) in [4.78, 5) is 3.52. The van der Waals surface area contributed by atoms with Crippen LogP contribution in [-0.2, 0) is 6.42 Å². The number of hydrogen-bond acceptors (Lipinski definition) is 0. The van der Waals surface area contributed by atoms with E-state index in [9.17, 15) is 0 Å². The summed E-state index contributed by atoms with van der Waals surface area (Å²) in [5, 5.41) is 1.36. The fraction of sp³-hybridized carbons (Fsp3) is 0.118. The fourth-order valence-electron chi connectivity index (χ4n) is 2.89. The molecule has 3 aromatic rings. The summed E-state index contributed by atoms with van der Waals surface area (Å²) >= 11 is 3.48. The third-order valence-electron chi connectivity index (χ3n) is 3.89. The van der Waals surface area contributed by atoms with E-state index in [1.165, 1.54) is 27.8 Å². The molecule has 1 aromatic heterocycles. The van der Waals surface area contributed by atoms with Crippen molar-refractivity contribution < 1.29 is 4.58 Å². The molecular formula is C17H14BrN2+. The Morgan fingerprint density at radius 2 is 1.80 bits per heavy atom. The van der Waals surface area contributed by atoms with Crippen LogP contribution in [-0.4, -0.2) is 22.3 Å². The highest BCUT2D eigenvalue weighted by Gasteiger charge is 2.21. The lowest BCUT2D eigenvalue weighted by molar-refractivity contribution is -0.436. The van der Waals surface area contributed by atoms with Crippen LogP contribution in [0.2, 0.25) is 0 Å². The maximum absolute atomic E-state index is 3.52. The van der Waals surface area contributed by atoms with Crippen LogP contribution in [0, 0.1) is 0 Å². The van der Waals surface area contributed by atoms with Gasteiger partial charge in [-0.05, 0) is 23.8 Å². The average molecular weight is 326 g/mol. The molecule has 3 heteroatoms. The van der Waals surface area contributed by atoms with Gasteiger partial charge in [-0.25, -0.2) is 0 Å². The van der Waals surface area contributed by atoms with Crippen LogP contribution in [0.5, 0.6) is 0 Å². The van der Waals surface area contributed by atoms with Gasteiger partial charge in [0.1, 0.15) is 5.69 Å². The first kappa shape index (κ1) is 11.9. The third-order valence-corrected chi connectivity index (χ3v) is 4.42. The minimum atomic E-state index is 1.02. The number of benzene rings is 2. The van der Waals surface area contributed by atoms with Crippen LogP contribution in [0.15, 0.2) is 53.0 Å². The summed E-state index contributed by atoms with van der Waals surface area (Å²) in [6.45, 7) is 1.02. The Morgan fingerprint density at radius 3 is 2.65 bits per heavy atom. The SMILES string of the molecule is Brc1ccc([N+]2=Cc3[nH]c4ccccc4c3CC2)cc1. The van der Waals surface area contributed by atoms with E-state index in [4.69, 9.17) is 0 Å². The highest BCUT2D eigenvalue weighted by Crippen LogP contribution is 2.26. The second-order valence-electron chi connectivity index (χ2n) is 5.11. The fourth-order valence-corrected chi connectivity index (χ4v) is 3.15. The molecule has 0 atom stereocenters. The molecule has 1 N–H and O–H groups in total. The van der Waals surface area contributed by atoms with Gasteiger partial charge in [-0.1, -0.05) is 34.1 Å². The Hall–Kier alpha value is -1.87. The first-order valence-electron chi connectivity index (χ1n) is 6.78. The molecule has 0 fully saturated rings. The van der Waals surface area contributed by atoms with Crippen molar-refractivity contribution in [1.29, 1.82) is 0 Å². The van der Waals surface area contributed by atoms with Crippen molar-refractivity contribution in [3.63, 3.8) is 0 Å². The molecular weight excluding hydrogens is 312 g/mol. The molecule has 0 saturated carbocycles. The van der Waals surface area contributed by atoms with E-state index in [0.29, 0.717) is 0 Å². The van der Waals surface area contributed by atoms with E-state index in [-0.39, 0.29) is 0 Å². The molecule has 2 aromatic carbocycles. The first-order chi connectivity index (χ1) is 9.81. The molecule has 0 bridgehead atoms. The van der Waals surface area contributed by atoms with Crippen LogP contribution in [0.4, 0.5) is 5.69 Å². The molecule has 2 heterocycles. The van der Waals surface area contributed by atoms with E-state index < -0.39 is 0 Å². The Morgan fingerprint density at radius 1 is 1.00 bits per heavy atom. The van der Waals surface area contributed by atoms with E-state index in [0.717, 1.165) is 17.4 Å². The van der Waals surface area contributed by atoms with Gasteiger partial charge >= 0.3 is 0 Å². The molecule has 0 saturated heterocycles. The minimum Gasteiger partial charge on any atom is -0.350 e. The normalized spacial score (nSPS) is 14.2. The molecule has 0 spiro atoms. The van der Waals surface area contributed by atoms with Gasteiger partial charge in [0.05, 0.1) is 0 Å². The quantitative estimate of drug-likeness (QED) is 0.645.